The van der Waals surface area contributed by atoms with Crippen LogP contribution < -0.4 is 0 Å². The van der Waals surface area contributed by atoms with Crippen LogP contribution in [0.5, 0.6) is 23.0 Å². The first-order chi connectivity index (χ1) is 26.1. The van der Waals surface area contributed by atoms with E-state index in [-0.39, 0.29) is 75.9 Å². The predicted octanol–water partition coefficient (Wildman–Crippen LogP) is 6.64. The van der Waals surface area contributed by atoms with Crippen LogP contribution in [-0.4, -0.2) is 77.3 Å². The number of rotatable bonds is 21. The van der Waals surface area contributed by atoms with Gasteiger partial charge in [0.1, 0.15) is 23.0 Å². The van der Waals surface area contributed by atoms with Crippen LogP contribution >= 0.6 is 0 Å². The molecular formula is C42H54O12. The summed E-state index contributed by atoms with van der Waals surface area (Å²) in [5.41, 5.74) is 7.57. The van der Waals surface area contributed by atoms with Gasteiger partial charge in [-0.05, 0) is 70.8 Å². The summed E-state index contributed by atoms with van der Waals surface area (Å²) in [7, 11) is 12.5. The van der Waals surface area contributed by atoms with E-state index in [1.165, 1.54) is 0 Å². The number of aromatic hydroxyl groups is 4. The first kappa shape index (κ1) is 42.5. The van der Waals surface area contributed by atoms with Crippen LogP contribution in [0.4, 0.5) is 0 Å². The van der Waals surface area contributed by atoms with Gasteiger partial charge in [0.25, 0.3) is 0 Å². The van der Waals surface area contributed by atoms with E-state index in [4.69, 9.17) is 37.9 Å². The fourth-order valence-electron chi connectivity index (χ4n) is 7.15. The highest BCUT2D eigenvalue weighted by Crippen LogP contribution is 2.48. The number of hydrogen-bond acceptors (Lipinski definition) is 12. The molecule has 0 aliphatic rings. The largest absolute Gasteiger partial charge is 0.507 e. The molecule has 0 amide bonds. The Hall–Kier alpha value is -4.24. The van der Waals surface area contributed by atoms with E-state index in [0.717, 1.165) is 22.3 Å². The van der Waals surface area contributed by atoms with Crippen LogP contribution in [0.3, 0.4) is 0 Å². The van der Waals surface area contributed by atoms with Crippen LogP contribution in [0.2, 0.25) is 0 Å². The fraction of sp³-hybridized carbons (Fsp3) is 0.429. The van der Waals surface area contributed by atoms with E-state index in [1.807, 2.05) is 48.5 Å². The van der Waals surface area contributed by atoms with Crippen LogP contribution in [0.15, 0.2) is 48.5 Å². The molecule has 0 atom stereocenters. The van der Waals surface area contributed by atoms with E-state index in [0.29, 0.717) is 44.5 Å². The molecule has 4 N–H and O–H groups in total. The lowest BCUT2D eigenvalue weighted by Crippen LogP contribution is -2.18. The van der Waals surface area contributed by atoms with E-state index in [1.54, 1.807) is 56.9 Å². The zero-order valence-electron chi connectivity index (χ0n) is 32.5. The number of phenolic OH excluding ortho intramolecular Hbond substituents is 4. The minimum atomic E-state index is -0.561. The summed E-state index contributed by atoms with van der Waals surface area (Å²) in [4.78, 5) is 0. The van der Waals surface area contributed by atoms with Gasteiger partial charge in [-0.25, -0.2) is 0 Å². The Balaban J connectivity index is 2.28. The molecule has 4 rings (SSSR count). The second kappa shape index (κ2) is 20.4. The van der Waals surface area contributed by atoms with Gasteiger partial charge in [0, 0.05) is 113 Å². The molecule has 0 radical (unpaired) electrons. The van der Waals surface area contributed by atoms with E-state index >= 15 is 0 Å². The summed E-state index contributed by atoms with van der Waals surface area (Å²) in [6.45, 7) is 0.981. The highest BCUT2D eigenvalue weighted by Gasteiger charge is 2.33. The lowest BCUT2D eigenvalue weighted by atomic mass is 9.71. The van der Waals surface area contributed by atoms with Gasteiger partial charge in [-0.1, -0.05) is 0 Å². The first-order valence-electron chi connectivity index (χ1n) is 17.4. The fourth-order valence-corrected chi connectivity index (χ4v) is 7.15. The molecule has 0 heterocycles. The van der Waals surface area contributed by atoms with Crippen molar-refractivity contribution in [2.45, 2.75) is 64.7 Å². The number of phenols is 4. The highest BCUT2D eigenvalue weighted by atomic mass is 16.5. The van der Waals surface area contributed by atoms with Gasteiger partial charge in [-0.2, -0.15) is 0 Å². The molecular weight excluding hydrogens is 696 g/mol. The van der Waals surface area contributed by atoms with Crippen molar-refractivity contribution in [3.8, 4) is 23.0 Å². The predicted molar refractivity (Wildman–Crippen MR) is 202 cm³/mol. The molecule has 0 aliphatic heterocycles. The lowest BCUT2D eigenvalue weighted by Gasteiger charge is -2.33. The average molecular weight is 751 g/mol. The van der Waals surface area contributed by atoms with Gasteiger partial charge in [0.2, 0.25) is 0 Å². The van der Waals surface area contributed by atoms with E-state index in [9.17, 15) is 20.4 Å². The number of ether oxygens (including phenoxy) is 8. The molecule has 0 unspecified atom stereocenters. The Morgan fingerprint density at radius 1 is 0.296 bits per heavy atom. The quantitative estimate of drug-likeness (QED) is 0.0722. The zero-order chi connectivity index (χ0) is 39.4. The molecule has 0 saturated carbocycles. The van der Waals surface area contributed by atoms with Crippen molar-refractivity contribution in [1.29, 1.82) is 0 Å². The molecule has 12 heteroatoms. The topological polar surface area (TPSA) is 155 Å². The second-order valence-corrected chi connectivity index (χ2v) is 13.2. The van der Waals surface area contributed by atoms with Crippen molar-refractivity contribution in [2.24, 2.45) is 0 Å². The summed E-state index contributed by atoms with van der Waals surface area (Å²) < 4.78 is 44.4. The molecule has 4 aromatic rings. The molecule has 0 aromatic heterocycles. The lowest BCUT2D eigenvalue weighted by molar-refractivity contribution is 0.173. The minimum absolute atomic E-state index is 0.0624. The smallest absolute Gasteiger partial charge is 0.126 e. The minimum Gasteiger partial charge on any atom is -0.507 e. The SMILES string of the molecule is COCc1cc(C(c2cc(COC)c(O)c(COC)c2)C(c2cc(COC)c(O)c(COC)c2)c2cc(COC)c(O)c(COC)c2)cc(COC)c1O. The number of hydrogen-bond donors (Lipinski definition) is 4. The summed E-state index contributed by atoms with van der Waals surface area (Å²) in [6.07, 6.45) is 0. The van der Waals surface area contributed by atoms with Crippen LogP contribution in [0.1, 0.15) is 78.6 Å². The Morgan fingerprint density at radius 2 is 0.426 bits per heavy atom. The van der Waals surface area contributed by atoms with Gasteiger partial charge in [-0.15, -0.1) is 0 Å². The maximum atomic E-state index is 11.4. The Kier molecular flexibility index (Phi) is 16.1. The first-order valence-corrected chi connectivity index (χ1v) is 17.4. The summed E-state index contributed by atoms with van der Waals surface area (Å²) in [6, 6.07) is 15.3. The van der Waals surface area contributed by atoms with Crippen molar-refractivity contribution < 1.29 is 58.3 Å². The van der Waals surface area contributed by atoms with Gasteiger partial charge < -0.3 is 58.3 Å². The van der Waals surface area contributed by atoms with Gasteiger partial charge in [0.05, 0.1) is 52.9 Å². The Labute approximate surface area is 317 Å². The van der Waals surface area contributed by atoms with Gasteiger partial charge in [-0.3, -0.25) is 0 Å². The van der Waals surface area contributed by atoms with Gasteiger partial charge >= 0.3 is 0 Å². The van der Waals surface area contributed by atoms with E-state index < -0.39 is 11.8 Å². The third kappa shape index (κ3) is 9.70. The Morgan fingerprint density at radius 3 is 0.537 bits per heavy atom. The molecule has 0 fully saturated rings. The molecule has 0 saturated heterocycles. The molecule has 0 aliphatic carbocycles. The van der Waals surface area contributed by atoms with Crippen LogP contribution in [0.25, 0.3) is 0 Å². The van der Waals surface area contributed by atoms with Gasteiger partial charge in [0.15, 0.2) is 0 Å². The van der Waals surface area contributed by atoms with Crippen molar-refractivity contribution in [2.75, 3.05) is 56.9 Å². The summed E-state index contributed by atoms with van der Waals surface area (Å²) in [5, 5.41) is 45.5. The molecule has 54 heavy (non-hydrogen) atoms. The average Bonchev–Trinajstić information content (AvgIpc) is 3.14. The maximum Gasteiger partial charge on any atom is 0.126 e. The normalized spacial score (nSPS) is 11.7. The third-order valence-corrected chi connectivity index (χ3v) is 9.33. The van der Waals surface area contributed by atoms with Crippen molar-refractivity contribution in [1.82, 2.24) is 0 Å². The van der Waals surface area contributed by atoms with Crippen LogP contribution in [-0.2, 0) is 90.7 Å². The Bertz CT molecular complexity index is 1470. The second-order valence-electron chi connectivity index (χ2n) is 13.2. The van der Waals surface area contributed by atoms with Crippen molar-refractivity contribution in [3.05, 3.63) is 115 Å². The summed E-state index contributed by atoms with van der Waals surface area (Å²) >= 11 is 0. The number of methoxy groups -OCH3 is 8. The summed E-state index contributed by atoms with van der Waals surface area (Å²) in [5.74, 6) is -0.872. The standard InChI is InChI=1S/C42H54O12/c1-47-17-29-9-25(10-30(18-48-2)39(29)43)37(26-11-31(19-49-3)40(44)32(12-26)20-50-4)38(27-13-33(21-51-5)41(45)34(14-27)22-52-6)28-15-35(23-53-7)42(46)36(16-28)24-54-8/h9-16,37-38,43-46H,17-24H2,1-8H3. The molecule has 4 aromatic carbocycles. The molecule has 0 spiro atoms. The van der Waals surface area contributed by atoms with Crippen molar-refractivity contribution >= 4 is 0 Å². The zero-order valence-corrected chi connectivity index (χ0v) is 32.5. The highest BCUT2D eigenvalue weighted by molar-refractivity contribution is 5.57. The number of benzene rings is 4. The monoisotopic (exact) mass is 750 g/mol. The van der Waals surface area contributed by atoms with Crippen LogP contribution in [0, 0.1) is 0 Å². The van der Waals surface area contributed by atoms with Crippen molar-refractivity contribution in [3.63, 3.8) is 0 Å². The maximum absolute atomic E-state index is 11.4. The third-order valence-electron chi connectivity index (χ3n) is 9.33. The molecule has 12 nitrogen and oxygen atoms in total. The van der Waals surface area contributed by atoms with E-state index in [2.05, 4.69) is 0 Å². The molecule has 0 bridgehead atoms. The molecule has 294 valence electrons.